The van der Waals surface area contributed by atoms with Crippen LogP contribution in [0.5, 0.6) is 0 Å². The average molecular weight is 265 g/mol. The lowest BCUT2D eigenvalue weighted by atomic mass is 10.2. The highest BCUT2D eigenvalue weighted by Gasteiger charge is 1.99. The summed E-state index contributed by atoms with van der Waals surface area (Å²) in [4.78, 5) is 11.0. The van der Waals surface area contributed by atoms with Crippen LogP contribution < -0.4 is 5.32 Å². The van der Waals surface area contributed by atoms with Crippen molar-refractivity contribution in [3.05, 3.63) is 40.9 Å². The van der Waals surface area contributed by atoms with E-state index in [-0.39, 0.29) is 5.97 Å². The van der Waals surface area contributed by atoms with Crippen LogP contribution in [0.25, 0.3) is 0 Å². The molecule has 1 aromatic carbocycles. The Morgan fingerprint density at radius 1 is 1.61 bits per heavy atom. The Morgan fingerprint density at radius 2 is 2.39 bits per heavy atom. The fraction of sp³-hybridized carbons (Fsp3) is 0.231. The van der Waals surface area contributed by atoms with Crippen LogP contribution in [0.4, 0.5) is 5.69 Å². The minimum atomic E-state index is -0.364. The SMILES string of the molecule is CCOC(=O)/C=C/CNc1ccc(C#N)c(Cl)c1. The molecular formula is C13H13ClN2O2. The third kappa shape index (κ3) is 4.48. The molecule has 0 fully saturated rings. The summed E-state index contributed by atoms with van der Waals surface area (Å²) in [7, 11) is 0. The van der Waals surface area contributed by atoms with Crippen LogP contribution in [-0.2, 0) is 9.53 Å². The van der Waals surface area contributed by atoms with E-state index in [1.165, 1.54) is 6.08 Å². The molecule has 1 aromatic rings. The van der Waals surface area contributed by atoms with Gasteiger partial charge >= 0.3 is 5.97 Å². The number of anilines is 1. The van der Waals surface area contributed by atoms with Gasteiger partial charge in [-0.1, -0.05) is 17.7 Å². The second-order valence-corrected chi connectivity index (χ2v) is 3.75. The van der Waals surface area contributed by atoms with Gasteiger partial charge in [0.15, 0.2) is 0 Å². The number of halogens is 1. The van der Waals surface area contributed by atoms with Gasteiger partial charge in [-0.15, -0.1) is 0 Å². The molecule has 0 heterocycles. The van der Waals surface area contributed by atoms with Crippen molar-refractivity contribution < 1.29 is 9.53 Å². The maximum atomic E-state index is 11.0. The first-order chi connectivity index (χ1) is 8.67. The molecule has 0 aliphatic heterocycles. The van der Waals surface area contributed by atoms with Crippen LogP contribution in [0.2, 0.25) is 5.02 Å². The van der Waals surface area contributed by atoms with Gasteiger partial charge in [0.25, 0.3) is 0 Å². The van der Waals surface area contributed by atoms with Crippen molar-refractivity contribution in [2.24, 2.45) is 0 Å². The van der Waals surface area contributed by atoms with Gasteiger partial charge in [0.2, 0.25) is 0 Å². The molecule has 0 atom stereocenters. The second-order valence-electron chi connectivity index (χ2n) is 3.34. The van der Waals surface area contributed by atoms with Crippen LogP contribution >= 0.6 is 11.6 Å². The highest BCUT2D eigenvalue weighted by molar-refractivity contribution is 6.32. The summed E-state index contributed by atoms with van der Waals surface area (Å²) in [5, 5.41) is 12.2. The monoisotopic (exact) mass is 264 g/mol. The number of benzene rings is 1. The van der Waals surface area contributed by atoms with E-state index >= 15 is 0 Å². The van der Waals surface area contributed by atoms with Gasteiger partial charge < -0.3 is 10.1 Å². The highest BCUT2D eigenvalue weighted by Crippen LogP contribution is 2.19. The average Bonchev–Trinajstić information content (AvgIpc) is 2.35. The number of hydrogen-bond donors (Lipinski definition) is 1. The molecule has 18 heavy (non-hydrogen) atoms. The standard InChI is InChI=1S/C13H13ClN2O2/c1-2-18-13(17)4-3-7-16-11-6-5-10(9-15)12(14)8-11/h3-6,8,16H,2,7H2,1H3/b4-3+. The van der Waals surface area contributed by atoms with Gasteiger partial charge in [-0.3, -0.25) is 0 Å². The summed E-state index contributed by atoms with van der Waals surface area (Å²) in [6.45, 7) is 2.59. The number of nitrogens with zero attached hydrogens (tertiary/aromatic N) is 1. The maximum absolute atomic E-state index is 11.0. The highest BCUT2D eigenvalue weighted by atomic mass is 35.5. The molecule has 0 radical (unpaired) electrons. The Labute approximate surface area is 111 Å². The lowest BCUT2D eigenvalue weighted by molar-refractivity contribution is -0.137. The molecule has 1 N–H and O–H groups in total. The van der Waals surface area contributed by atoms with Crippen LogP contribution in [-0.4, -0.2) is 19.1 Å². The van der Waals surface area contributed by atoms with Crippen molar-refractivity contribution >= 4 is 23.3 Å². The van der Waals surface area contributed by atoms with E-state index in [4.69, 9.17) is 21.6 Å². The molecule has 1 rings (SSSR count). The van der Waals surface area contributed by atoms with Crippen molar-refractivity contribution in [1.82, 2.24) is 0 Å². The molecular weight excluding hydrogens is 252 g/mol. The predicted octanol–water partition coefficient (Wildman–Crippen LogP) is 2.74. The number of nitriles is 1. The smallest absolute Gasteiger partial charge is 0.330 e. The van der Waals surface area contributed by atoms with E-state index in [9.17, 15) is 4.79 Å². The minimum Gasteiger partial charge on any atom is -0.463 e. The predicted molar refractivity (Wildman–Crippen MR) is 70.4 cm³/mol. The summed E-state index contributed by atoms with van der Waals surface area (Å²) in [5.74, 6) is -0.364. The molecule has 0 aliphatic carbocycles. The number of ether oxygens (including phenoxy) is 1. The van der Waals surface area contributed by atoms with Gasteiger partial charge in [-0.05, 0) is 25.1 Å². The van der Waals surface area contributed by atoms with E-state index in [1.807, 2.05) is 6.07 Å². The first-order valence-corrected chi connectivity index (χ1v) is 5.82. The maximum Gasteiger partial charge on any atom is 0.330 e. The fourth-order valence-corrected chi connectivity index (χ4v) is 1.46. The first kappa shape index (κ1) is 14.1. The van der Waals surface area contributed by atoms with Gasteiger partial charge in [0.05, 0.1) is 17.2 Å². The summed E-state index contributed by atoms with van der Waals surface area (Å²) in [6, 6.07) is 7.04. The Bertz CT molecular complexity index is 492. The molecule has 5 heteroatoms. The number of carbonyl (C=O) groups excluding carboxylic acids is 1. The van der Waals surface area contributed by atoms with Gasteiger partial charge in [0, 0.05) is 18.3 Å². The molecule has 0 spiro atoms. The fourth-order valence-electron chi connectivity index (χ4n) is 1.24. The van der Waals surface area contributed by atoms with Gasteiger partial charge in [-0.25, -0.2) is 4.79 Å². The van der Waals surface area contributed by atoms with Crippen LogP contribution in [0.15, 0.2) is 30.4 Å². The molecule has 94 valence electrons. The number of rotatable bonds is 5. The quantitative estimate of drug-likeness (QED) is 0.656. The Balaban J connectivity index is 2.47. The molecule has 0 aliphatic rings. The second kappa shape index (κ2) is 7.36. The van der Waals surface area contributed by atoms with Crippen LogP contribution in [0.1, 0.15) is 12.5 Å². The summed E-state index contributed by atoms with van der Waals surface area (Å²) in [6.07, 6.45) is 3.02. The van der Waals surface area contributed by atoms with E-state index in [1.54, 1.807) is 31.2 Å². The molecule has 0 saturated carbocycles. The van der Waals surface area contributed by atoms with E-state index in [0.29, 0.717) is 23.7 Å². The van der Waals surface area contributed by atoms with E-state index < -0.39 is 0 Å². The number of carbonyl (C=O) groups is 1. The largest absolute Gasteiger partial charge is 0.463 e. The van der Waals surface area contributed by atoms with E-state index in [2.05, 4.69) is 5.32 Å². The lowest BCUT2D eigenvalue weighted by Gasteiger charge is -2.04. The van der Waals surface area contributed by atoms with Gasteiger partial charge in [-0.2, -0.15) is 5.26 Å². The van der Waals surface area contributed by atoms with Crippen LogP contribution in [0.3, 0.4) is 0 Å². The first-order valence-electron chi connectivity index (χ1n) is 5.44. The van der Waals surface area contributed by atoms with Crippen molar-refractivity contribution in [3.63, 3.8) is 0 Å². The molecule has 0 amide bonds. The number of hydrogen-bond acceptors (Lipinski definition) is 4. The Kier molecular flexibility index (Phi) is 5.75. The normalized spacial score (nSPS) is 10.1. The zero-order valence-electron chi connectivity index (χ0n) is 9.94. The Morgan fingerprint density at radius 3 is 3.00 bits per heavy atom. The number of esters is 1. The topological polar surface area (TPSA) is 62.1 Å². The van der Waals surface area contributed by atoms with Gasteiger partial charge in [0.1, 0.15) is 6.07 Å². The third-order valence-corrected chi connectivity index (χ3v) is 2.37. The lowest BCUT2D eigenvalue weighted by Crippen LogP contribution is -2.02. The summed E-state index contributed by atoms with van der Waals surface area (Å²) < 4.78 is 4.73. The summed E-state index contributed by atoms with van der Waals surface area (Å²) in [5.41, 5.74) is 1.22. The van der Waals surface area contributed by atoms with Crippen LogP contribution in [0, 0.1) is 11.3 Å². The molecule has 0 unspecified atom stereocenters. The van der Waals surface area contributed by atoms with Crippen molar-refractivity contribution in [2.75, 3.05) is 18.5 Å². The number of nitrogens with one attached hydrogen (secondary N) is 1. The van der Waals surface area contributed by atoms with Crippen molar-refractivity contribution in [3.8, 4) is 6.07 Å². The zero-order chi connectivity index (χ0) is 13.4. The molecule has 4 nitrogen and oxygen atoms in total. The van der Waals surface area contributed by atoms with E-state index in [0.717, 1.165) is 5.69 Å². The third-order valence-electron chi connectivity index (χ3n) is 2.05. The van der Waals surface area contributed by atoms with Crippen molar-refractivity contribution in [1.29, 1.82) is 5.26 Å². The Hall–Kier alpha value is -1.99. The minimum absolute atomic E-state index is 0.363. The molecule has 0 aromatic heterocycles. The molecule has 0 saturated heterocycles. The zero-order valence-corrected chi connectivity index (χ0v) is 10.7. The summed E-state index contributed by atoms with van der Waals surface area (Å²) >= 11 is 5.88. The van der Waals surface area contributed by atoms with Crippen molar-refractivity contribution in [2.45, 2.75) is 6.92 Å². The molecule has 0 bridgehead atoms.